The monoisotopic (exact) mass is 852 g/mol. The molecular weight excluding hydrogens is 816 g/mol. The largest absolute Gasteiger partial charge is 0.173 e. The number of rotatable bonds is 8. The van der Waals surface area contributed by atoms with Crippen LogP contribution >= 0.6 is 33.6 Å². The minimum absolute atomic E-state index is 0.106. The van der Waals surface area contributed by atoms with Crippen LogP contribution in [0.2, 0.25) is 0 Å². The van der Waals surface area contributed by atoms with Crippen LogP contribution in [0.15, 0.2) is 231 Å². The van der Waals surface area contributed by atoms with Gasteiger partial charge in [-0.05, 0) is 72.8 Å². The normalized spacial score (nSPS) is 11.0. The van der Waals surface area contributed by atoms with Gasteiger partial charge >= 0.3 is 35.0 Å². The molecule has 0 heterocycles. The van der Waals surface area contributed by atoms with Crippen LogP contribution in [0.4, 0.5) is 0 Å². The van der Waals surface area contributed by atoms with E-state index in [0.717, 1.165) is 0 Å². The van der Waals surface area contributed by atoms with Gasteiger partial charge in [-0.2, -0.15) is 36.4 Å². The van der Waals surface area contributed by atoms with E-state index >= 15 is 0 Å². The molecule has 8 aromatic rings. The van der Waals surface area contributed by atoms with Crippen LogP contribution < -0.4 is 42.4 Å². The average molecular weight is 854 g/mol. The number of benzene rings is 8. The third-order valence-corrected chi connectivity index (χ3v) is 17.4. The van der Waals surface area contributed by atoms with Crippen molar-refractivity contribution in [2.24, 2.45) is 0 Å². The predicted octanol–water partition coefficient (Wildman–Crippen LogP) is 9.59. The van der Waals surface area contributed by atoms with E-state index in [4.69, 9.17) is 19.1 Å². The van der Waals surface area contributed by atoms with Crippen LogP contribution in [-0.2, 0) is 15.9 Å². The van der Waals surface area contributed by atoms with Gasteiger partial charge in [-0.1, -0.05) is 109 Å². The molecule has 0 aromatic heterocycles. The van der Waals surface area contributed by atoms with E-state index in [-0.39, 0.29) is 15.9 Å². The molecule has 53 heavy (non-hydrogen) atoms. The average Bonchev–Trinajstić information content (AvgIpc) is 3.25. The number of hydrogen-bond acceptors (Lipinski definition) is 0. The Morgan fingerprint density at radius 3 is 0.642 bits per heavy atom. The Hall–Kier alpha value is -4.14. The van der Waals surface area contributed by atoms with Gasteiger partial charge in [0, 0.05) is 10.6 Å². The first-order valence-electron chi connectivity index (χ1n) is 17.1. The standard InChI is InChI=1S/2C24H19P.2ClH.Pd/c2*1-5-13-21(14-6-1)25(22-15-7-2-8-16-22,23-17-9-3-10-18-23)24-19-11-4-12-20-24;;;/h2*1-19H;2*1H;/q;;;;+2/p-2. The summed E-state index contributed by atoms with van der Waals surface area (Å²) in [7, 11) is 5.71. The Balaban J connectivity index is 0.000000169. The van der Waals surface area contributed by atoms with E-state index in [2.05, 4.69) is 218 Å². The molecule has 8 aromatic carbocycles. The van der Waals surface area contributed by atoms with Crippen LogP contribution in [0, 0.1) is 12.1 Å². The summed E-state index contributed by atoms with van der Waals surface area (Å²) < 4.78 is 0. The summed E-state index contributed by atoms with van der Waals surface area (Å²) in [6, 6.07) is 89.2. The third-order valence-electron chi connectivity index (χ3n) is 8.97. The van der Waals surface area contributed by atoms with Gasteiger partial charge in [-0.3, -0.25) is 0 Å². The molecule has 0 fully saturated rings. The summed E-state index contributed by atoms with van der Waals surface area (Å²) in [6.45, 7) is 0. The molecule has 0 aliphatic carbocycles. The minimum atomic E-state index is -1.96. The molecular formula is C48H38Cl2P2Pd. The van der Waals surface area contributed by atoms with Crippen molar-refractivity contribution in [3.8, 4) is 0 Å². The molecule has 264 valence electrons. The maximum absolute atomic E-state index is 4.81. The van der Waals surface area contributed by atoms with Gasteiger partial charge in [0.25, 0.3) is 0 Å². The number of hydrogen-bond donors (Lipinski definition) is 0. The second-order valence-corrected chi connectivity index (χ2v) is 21.0. The van der Waals surface area contributed by atoms with E-state index in [9.17, 15) is 0 Å². The summed E-state index contributed by atoms with van der Waals surface area (Å²) in [5, 5.41) is 10.7. The number of halogens is 2. The van der Waals surface area contributed by atoms with Crippen LogP contribution in [-0.4, -0.2) is 0 Å². The molecule has 0 spiro atoms. The Bertz CT molecular complexity index is 1710. The van der Waals surface area contributed by atoms with Crippen molar-refractivity contribution in [1.29, 1.82) is 0 Å². The molecule has 0 aliphatic heterocycles. The van der Waals surface area contributed by atoms with Crippen LogP contribution in [0.1, 0.15) is 0 Å². The van der Waals surface area contributed by atoms with Crippen molar-refractivity contribution in [3.63, 3.8) is 0 Å². The van der Waals surface area contributed by atoms with Gasteiger partial charge in [0.15, 0.2) is 0 Å². The van der Waals surface area contributed by atoms with E-state index in [0.29, 0.717) is 0 Å². The summed E-state index contributed by atoms with van der Waals surface area (Å²) in [5.74, 6) is 0. The van der Waals surface area contributed by atoms with Crippen molar-refractivity contribution < 1.29 is 15.9 Å². The fraction of sp³-hybridized carbons (Fsp3) is 0. The summed E-state index contributed by atoms with van der Waals surface area (Å²) in [6.07, 6.45) is 0. The van der Waals surface area contributed by atoms with Crippen LogP contribution in [0.5, 0.6) is 0 Å². The smallest absolute Gasteiger partial charge is 0.119 e. The van der Waals surface area contributed by atoms with E-state index in [1.807, 2.05) is 24.3 Å². The van der Waals surface area contributed by atoms with Crippen LogP contribution in [0.25, 0.3) is 0 Å². The minimum Gasteiger partial charge on any atom is -0.173 e. The quantitative estimate of drug-likeness (QED) is 0.0813. The van der Waals surface area contributed by atoms with Crippen LogP contribution in [0.3, 0.4) is 0 Å². The molecule has 0 saturated heterocycles. The van der Waals surface area contributed by atoms with Gasteiger partial charge in [0.1, 0.15) is 46.4 Å². The second kappa shape index (κ2) is 19.8. The molecule has 0 saturated carbocycles. The van der Waals surface area contributed by atoms with Gasteiger partial charge in [-0.15, -0.1) is 24.3 Å². The van der Waals surface area contributed by atoms with Crippen molar-refractivity contribution in [2.75, 3.05) is 0 Å². The first kappa shape index (κ1) is 38.6. The molecule has 0 radical (unpaired) electrons. The zero-order valence-corrected chi connectivity index (χ0v) is 33.8. The van der Waals surface area contributed by atoms with Gasteiger partial charge in [0.05, 0.1) is 0 Å². The van der Waals surface area contributed by atoms with E-state index < -0.39 is 14.5 Å². The Morgan fingerprint density at radius 1 is 0.283 bits per heavy atom. The first-order chi connectivity index (χ1) is 26.3. The van der Waals surface area contributed by atoms with E-state index in [1.165, 1.54) is 42.4 Å². The molecule has 0 aliphatic rings. The van der Waals surface area contributed by atoms with Gasteiger partial charge < -0.3 is 0 Å². The SMILES string of the molecule is [Cl][Pd][Cl].[c-]1ccccc1[P+](c1ccccc1)(c1ccccc1)c1ccccc1.[c-]1ccccc1[P+](c1ccccc1)(c1ccccc1)c1ccccc1. The van der Waals surface area contributed by atoms with Crippen molar-refractivity contribution in [2.45, 2.75) is 0 Å². The molecule has 0 N–H and O–H groups in total. The molecule has 5 heteroatoms. The summed E-state index contributed by atoms with van der Waals surface area (Å²) in [4.78, 5) is 0. The summed E-state index contributed by atoms with van der Waals surface area (Å²) >= 11 is -0.106. The maximum atomic E-state index is 4.81. The Morgan fingerprint density at radius 2 is 0.472 bits per heavy atom. The third kappa shape index (κ3) is 8.65. The first-order valence-corrected chi connectivity index (χ1v) is 24.7. The Labute approximate surface area is 332 Å². The van der Waals surface area contributed by atoms with Crippen molar-refractivity contribution in [3.05, 3.63) is 243 Å². The van der Waals surface area contributed by atoms with E-state index in [1.54, 1.807) is 0 Å². The Kier molecular flexibility index (Phi) is 14.4. The molecule has 0 unspecified atom stereocenters. The molecule has 0 amide bonds. The molecule has 0 nitrogen and oxygen atoms in total. The second-order valence-electron chi connectivity index (χ2n) is 11.9. The maximum Gasteiger partial charge on any atom is 0.119 e. The molecule has 8 rings (SSSR count). The zero-order valence-electron chi connectivity index (χ0n) is 28.9. The van der Waals surface area contributed by atoms with Gasteiger partial charge in [0.2, 0.25) is 0 Å². The fourth-order valence-corrected chi connectivity index (χ4v) is 15.2. The molecule has 0 bridgehead atoms. The zero-order chi connectivity index (χ0) is 36.6. The van der Waals surface area contributed by atoms with Crippen molar-refractivity contribution in [1.82, 2.24) is 0 Å². The topological polar surface area (TPSA) is 0 Å². The fourth-order valence-electron chi connectivity index (χ4n) is 6.82. The molecule has 0 atom stereocenters. The van der Waals surface area contributed by atoms with Crippen molar-refractivity contribution >= 4 is 76.0 Å². The summed E-state index contributed by atoms with van der Waals surface area (Å²) in [5.41, 5.74) is 0. The van der Waals surface area contributed by atoms with Gasteiger partial charge in [-0.25, -0.2) is 0 Å². The predicted molar refractivity (Wildman–Crippen MR) is 232 cm³/mol.